The second-order valence-corrected chi connectivity index (χ2v) is 7.36. The molecule has 0 atom stereocenters. The molecule has 0 spiro atoms. The Hall–Kier alpha value is -1.51. The van der Waals surface area contributed by atoms with Gasteiger partial charge in [-0.25, -0.2) is 0 Å². The third-order valence-corrected chi connectivity index (χ3v) is 3.18. The lowest BCUT2D eigenvalue weighted by molar-refractivity contribution is 0.0891. The van der Waals surface area contributed by atoms with Crippen LogP contribution in [0.5, 0.6) is 0 Å². The van der Waals surface area contributed by atoms with Crippen molar-refractivity contribution < 1.29 is 4.79 Å². The summed E-state index contributed by atoms with van der Waals surface area (Å²) in [5, 5.41) is 6.23. The fourth-order valence-corrected chi connectivity index (χ4v) is 2.82. The molecule has 0 heterocycles. The predicted molar refractivity (Wildman–Crippen MR) is 86.3 cm³/mol. The number of anilines is 1. The zero-order chi connectivity index (χ0) is 15.6. The molecule has 1 aromatic rings. The zero-order valence-corrected chi connectivity index (χ0v) is 13.8. The topological polar surface area (TPSA) is 41.1 Å². The summed E-state index contributed by atoms with van der Waals surface area (Å²) in [6.45, 7) is 12.7. The molecule has 1 aromatic carbocycles. The summed E-state index contributed by atoms with van der Waals surface area (Å²) in [7, 11) is 1.88. The number of hydrogen-bond acceptors (Lipinski definition) is 2. The summed E-state index contributed by atoms with van der Waals surface area (Å²) in [6, 6.07) is 5.80. The molecule has 0 aliphatic heterocycles. The fraction of sp³-hybridized carbons (Fsp3) is 0.588. The maximum absolute atomic E-state index is 12.4. The third kappa shape index (κ3) is 4.87. The summed E-state index contributed by atoms with van der Waals surface area (Å²) < 4.78 is 0. The molecule has 0 unspecified atom stereocenters. The van der Waals surface area contributed by atoms with Crippen LogP contribution >= 0.6 is 0 Å². The Morgan fingerprint density at radius 1 is 1.15 bits per heavy atom. The monoisotopic (exact) mass is 276 g/mol. The number of carbonyl (C=O) groups excluding carboxylic acids is 1. The van der Waals surface area contributed by atoms with Gasteiger partial charge in [0, 0.05) is 23.8 Å². The second-order valence-electron chi connectivity index (χ2n) is 7.36. The first-order chi connectivity index (χ1) is 9.04. The van der Waals surface area contributed by atoms with Crippen LogP contribution in [-0.4, -0.2) is 18.5 Å². The molecule has 1 amide bonds. The summed E-state index contributed by atoms with van der Waals surface area (Å²) in [6.07, 6.45) is 0.930. The van der Waals surface area contributed by atoms with Crippen molar-refractivity contribution in [1.82, 2.24) is 5.32 Å². The number of amides is 1. The Morgan fingerprint density at radius 3 is 2.20 bits per heavy atom. The van der Waals surface area contributed by atoms with Crippen LogP contribution in [0.3, 0.4) is 0 Å². The van der Waals surface area contributed by atoms with E-state index in [-0.39, 0.29) is 16.9 Å². The Morgan fingerprint density at radius 2 is 1.75 bits per heavy atom. The van der Waals surface area contributed by atoms with Crippen LogP contribution in [0.4, 0.5) is 5.69 Å². The smallest absolute Gasteiger partial charge is 0.251 e. The lowest BCUT2D eigenvalue weighted by Crippen LogP contribution is -2.46. The van der Waals surface area contributed by atoms with Gasteiger partial charge in [-0.05, 0) is 56.4 Å². The van der Waals surface area contributed by atoms with Crippen molar-refractivity contribution in [1.29, 1.82) is 0 Å². The minimum Gasteiger partial charge on any atom is -0.388 e. The van der Waals surface area contributed by atoms with E-state index in [1.807, 2.05) is 32.2 Å². The SMILES string of the molecule is CNc1ccc(C(=O)NC(C)(C)CC(C)(C)C)c(C)c1. The number of rotatable bonds is 4. The zero-order valence-electron chi connectivity index (χ0n) is 13.8. The Bertz CT molecular complexity index is 484. The molecule has 0 aliphatic rings. The van der Waals surface area contributed by atoms with Gasteiger partial charge in [0.1, 0.15) is 0 Å². The van der Waals surface area contributed by atoms with Gasteiger partial charge in [-0.1, -0.05) is 20.8 Å². The number of hydrogen-bond donors (Lipinski definition) is 2. The van der Waals surface area contributed by atoms with Crippen LogP contribution in [-0.2, 0) is 0 Å². The molecule has 0 saturated carbocycles. The molecule has 2 N–H and O–H groups in total. The molecule has 0 aromatic heterocycles. The first-order valence-electron chi connectivity index (χ1n) is 7.15. The standard InChI is InChI=1S/C17H28N2O/c1-12-10-13(18-7)8-9-14(12)15(20)19-17(5,6)11-16(2,3)4/h8-10,18H,11H2,1-7H3,(H,19,20). The highest BCUT2D eigenvalue weighted by Crippen LogP contribution is 2.27. The highest BCUT2D eigenvalue weighted by atomic mass is 16.1. The van der Waals surface area contributed by atoms with Crippen molar-refractivity contribution in [3.63, 3.8) is 0 Å². The number of aryl methyl sites for hydroxylation is 1. The first-order valence-corrected chi connectivity index (χ1v) is 7.15. The van der Waals surface area contributed by atoms with Gasteiger partial charge in [-0.2, -0.15) is 0 Å². The maximum Gasteiger partial charge on any atom is 0.251 e. The molecule has 3 nitrogen and oxygen atoms in total. The molecule has 1 rings (SSSR count). The van der Waals surface area contributed by atoms with E-state index >= 15 is 0 Å². The van der Waals surface area contributed by atoms with Crippen LogP contribution in [0, 0.1) is 12.3 Å². The molecule has 0 bridgehead atoms. The van der Waals surface area contributed by atoms with Crippen molar-refractivity contribution in [3.05, 3.63) is 29.3 Å². The van der Waals surface area contributed by atoms with Gasteiger partial charge in [0.05, 0.1) is 0 Å². The van der Waals surface area contributed by atoms with Crippen LogP contribution in [0.15, 0.2) is 18.2 Å². The van der Waals surface area contributed by atoms with Crippen molar-refractivity contribution in [2.75, 3.05) is 12.4 Å². The summed E-state index contributed by atoms with van der Waals surface area (Å²) in [5.41, 5.74) is 2.71. The van der Waals surface area contributed by atoms with Crippen LogP contribution in [0.1, 0.15) is 57.0 Å². The fourth-order valence-electron chi connectivity index (χ4n) is 2.82. The van der Waals surface area contributed by atoms with Crippen molar-refractivity contribution in [2.24, 2.45) is 5.41 Å². The van der Waals surface area contributed by atoms with Crippen LogP contribution in [0.2, 0.25) is 0 Å². The van der Waals surface area contributed by atoms with E-state index in [9.17, 15) is 4.79 Å². The summed E-state index contributed by atoms with van der Waals surface area (Å²) in [4.78, 5) is 12.4. The molecular weight excluding hydrogens is 248 g/mol. The molecule has 0 radical (unpaired) electrons. The molecule has 0 fully saturated rings. The lowest BCUT2D eigenvalue weighted by Gasteiger charge is -2.33. The van der Waals surface area contributed by atoms with Gasteiger partial charge < -0.3 is 10.6 Å². The van der Waals surface area contributed by atoms with E-state index in [4.69, 9.17) is 0 Å². The van der Waals surface area contributed by atoms with E-state index in [2.05, 4.69) is 45.3 Å². The Kier molecular flexibility index (Phi) is 4.85. The second kappa shape index (κ2) is 5.86. The first kappa shape index (κ1) is 16.5. The molecule has 112 valence electrons. The minimum atomic E-state index is -0.219. The highest BCUT2D eigenvalue weighted by molar-refractivity contribution is 5.96. The largest absolute Gasteiger partial charge is 0.388 e. The van der Waals surface area contributed by atoms with Gasteiger partial charge in [-0.15, -0.1) is 0 Å². The molecule has 0 saturated heterocycles. The minimum absolute atomic E-state index is 0.000553. The van der Waals surface area contributed by atoms with Gasteiger partial charge in [0.2, 0.25) is 0 Å². The third-order valence-electron chi connectivity index (χ3n) is 3.18. The highest BCUT2D eigenvalue weighted by Gasteiger charge is 2.27. The van der Waals surface area contributed by atoms with Crippen molar-refractivity contribution in [3.8, 4) is 0 Å². The lowest BCUT2D eigenvalue weighted by atomic mass is 9.81. The van der Waals surface area contributed by atoms with E-state index < -0.39 is 0 Å². The van der Waals surface area contributed by atoms with Gasteiger partial charge in [0.25, 0.3) is 5.91 Å². The molecule has 20 heavy (non-hydrogen) atoms. The predicted octanol–water partition coefficient (Wildman–Crippen LogP) is 3.98. The van der Waals surface area contributed by atoms with E-state index in [1.54, 1.807) is 0 Å². The average Bonchev–Trinajstić information content (AvgIpc) is 2.24. The maximum atomic E-state index is 12.4. The van der Waals surface area contributed by atoms with Crippen molar-refractivity contribution >= 4 is 11.6 Å². The number of carbonyl (C=O) groups is 1. The Balaban J connectivity index is 2.86. The van der Waals surface area contributed by atoms with Crippen LogP contribution < -0.4 is 10.6 Å². The van der Waals surface area contributed by atoms with Gasteiger partial charge >= 0.3 is 0 Å². The number of nitrogens with one attached hydrogen (secondary N) is 2. The Labute approximate surface area is 123 Å². The molecule has 0 aliphatic carbocycles. The molecule has 3 heteroatoms. The summed E-state index contributed by atoms with van der Waals surface area (Å²) in [5.74, 6) is -0.000553. The van der Waals surface area contributed by atoms with Gasteiger partial charge in [-0.3, -0.25) is 4.79 Å². The quantitative estimate of drug-likeness (QED) is 0.873. The number of benzene rings is 1. The normalized spacial score (nSPS) is 12.2. The summed E-state index contributed by atoms with van der Waals surface area (Å²) >= 11 is 0. The van der Waals surface area contributed by atoms with E-state index in [1.165, 1.54) is 0 Å². The van der Waals surface area contributed by atoms with Crippen LogP contribution in [0.25, 0.3) is 0 Å². The molecular formula is C17H28N2O. The van der Waals surface area contributed by atoms with Crippen molar-refractivity contribution in [2.45, 2.75) is 53.5 Å². The average molecular weight is 276 g/mol. The van der Waals surface area contributed by atoms with E-state index in [0.29, 0.717) is 0 Å². The van der Waals surface area contributed by atoms with Gasteiger partial charge in [0.15, 0.2) is 0 Å². The van der Waals surface area contributed by atoms with E-state index in [0.717, 1.165) is 23.2 Å².